The smallest absolute Gasteiger partial charge is 0.264 e. The topological polar surface area (TPSA) is 103 Å². The Morgan fingerprint density at radius 1 is 0.844 bits per heavy atom. The van der Waals surface area contributed by atoms with Gasteiger partial charge in [-0.1, -0.05) is 30.3 Å². The largest absolute Gasteiger partial charge is 0.296 e. The van der Waals surface area contributed by atoms with Crippen LogP contribution in [0.2, 0.25) is 0 Å². The minimum Gasteiger partial charge on any atom is -0.296 e. The van der Waals surface area contributed by atoms with Gasteiger partial charge < -0.3 is 0 Å². The number of aromatic nitrogens is 1. The van der Waals surface area contributed by atoms with Crippen molar-refractivity contribution >= 4 is 20.2 Å². The van der Waals surface area contributed by atoms with Crippen LogP contribution in [-0.4, -0.2) is 59.5 Å². The minimum atomic E-state index is -3.51. The SMILES string of the molecule is CN(Cc1ccc(CC(CCOS(C)(=O)=O)CCOS(C)(=O)=O)cc1)Cc1ccccn1. The Hall–Kier alpha value is -1.85. The molecule has 0 aliphatic rings. The molecule has 2 aromatic rings. The summed E-state index contributed by atoms with van der Waals surface area (Å²) in [4.78, 5) is 6.53. The Labute approximate surface area is 191 Å². The summed E-state index contributed by atoms with van der Waals surface area (Å²) in [7, 11) is -4.98. The highest BCUT2D eigenvalue weighted by molar-refractivity contribution is 7.86. The fraction of sp³-hybridized carbons (Fsp3) is 0.500. The predicted molar refractivity (Wildman–Crippen MR) is 124 cm³/mol. The molecule has 1 heterocycles. The number of nitrogens with zero attached hydrogens (tertiary/aromatic N) is 2. The van der Waals surface area contributed by atoms with Crippen molar-refractivity contribution in [3.8, 4) is 0 Å². The van der Waals surface area contributed by atoms with Crippen molar-refractivity contribution in [1.29, 1.82) is 0 Å². The summed E-state index contributed by atoms with van der Waals surface area (Å²) >= 11 is 0. The van der Waals surface area contributed by atoms with Gasteiger partial charge in [-0.25, -0.2) is 0 Å². The number of benzene rings is 1. The van der Waals surface area contributed by atoms with Gasteiger partial charge in [0.05, 0.1) is 31.4 Å². The normalized spacial score (nSPS) is 12.5. The highest BCUT2D eigenvalue weighted by atomic mass is 32.2. The third kappa shape index (κ3) is 11.7. The summed E-state index contributed by atoms with van der Waals surface area (Å²) in [5, 5.41) is 0. The van der Waals surface area contributed by atoms with Crippen LogP contribution in [0.5, 0.6) is 0 Å². The second kappa shape index (κ2) is 12.4. The van der Waals surface area contributed by atoms with Gasteiger partial charge in [-0.15, -0.1) is 0 Å². The molecule has 0 spiro atoms. The molecule has 0 aliphatic carbocycles. The van der Waals surface area contributed by atoms with E-state index in [4.69, 9.17) is 8.37 Å². The van der Waals surface area contributed by atoms with Gasteiger partial charge in [-0.05, 0) is 55.5 Å². The zero-order valence-electron chi connectivity index (χ0n) is 18.8. The van der Waals surface area contributed by atoms with Gasteiger partial charge in [-0.3, -0.25) is 18.3 Å². The second-order valence-corrected chi connectivity index (χ2v) is 11.3. The molecule has 1 aromatic carbocycles. The lowest BCUT2D eigenvalue weighted by Gasteiger charge is -2.18. The molecular formula is C22H32N2O6S2. The fourth-order valence-corrected chi connectivity index (χ4v) is 4.13. The molecule has 0 unspecified atom stereocenters. The van der Waals surface area contributed by atoms with E-state index in [0.29, 0.717) is 19.3 Å². The fourth-order valence-electron chi connectivity index (χ4n) is 3.33. The monoisotopic (exact) mass is 484 g/mol. The van der Waals surface area contributed by atoms with Crippen molar-refractivity contribution in [3.05, 3.63) is 65.5 Å². The van der Waals surface area contributed by atoms with E-state index >= 15 is 0 Å². The third-order valence-electron chi connectivity index (χ3n) is 4.80. The maximum atomic E-state index is 11.2. The van der Waals surface area contributed by atoms with Gasteiger partial charge in [0.2, 0.25) is 0 Å². The van der Waals surface area contributed by atoms with Crippen molar-refractivity contribution in [2.24, 2.45) is 5.92 Å². The van der Waals surface area contributed by atoms with E-state index in [2.05, 4.69) is 22.0 Å². The minimum absolute atomic E-state index is 0.0242. The first-order valence-corrected chi connectivity index (χ1v) is 14.0. The lowest BCUT2D eigenvalue weighted by atomic mass is 9.93. The molecule has 0 radical (unpaired) electrons. The van der Waals surface area contributed by atoms with Crippen molar-refractivity contribution < 1.29 is 25.2 Å². The average Bonchev–Trinajstić information content (AvgIpc) is 2.68. The summed E-state index contributed by atoms with van der Waals surface area (Å²) in [5.41, 5.74) is 3.27. The maximum absolute atomic E-state index is 11.2. The van der Waals surface area contributed by atoms with Gasteiger partial charge in [0.15, 0.2) is 0 Å². The van der Waals surface area contributed by atoms with E-state index in [1.165, 1.54) is 5.56 Å². The average molecular weight is 485 g/mol. The molecule has 0 saturated carbocycles. The van der Waals surface area contributed by atoms with E-state index in [9.17, 15) is 16.8 Å². The third-order valence-corrected chi connectivity index (χ3v) is 5.99. The van der Waals surface area contributed by atoms with Gasteiger partial charge in [0.1, 0.15) is 0 Å². The lowest BCUT2D eigenvalue weighted by Crippen LogP contribution is -2.18. The summed E-state index contributed by atoms with van der Waals surface area (Å²) in [6, 6.07) is 14.1. The first kappa shape index (κ1) is 26.4. The number of pyridine rings is 1. The molecular weight excluding hydrogens is 452 g/mol. The van der Waals surface area contributed by atoms with Crippen LogP contribution < -0.4 is 0 Å². The number of rotatable bonds is 14. The summed E-state index contributed by atoms with van der Waals surface area (Å²) in [5.74, 6) is 0.0242. The molecule has 0 aliphatic heterocycles. The van der Waals surface area contributed by atoms with E-state index < -0.39 is 20.2 Å². The van der Waals surface area contributed by atoms with Crippen LogP contribution in [0.1, 0.15) is 29.7 Å². The molecule has 0 bridgehead atoms. The predicted octanol–water partition coefficient (Wildman–Crippen LogP) is 2.60. The Balaban J connectivity index is 1.92. The molecule has 32 heavy (non-hydrogen) atoms. The van der Waals surface area contributed by atoms with Crippen LogP contribution in [-0.2, 0) is 48.1 Å². The molecule has 0 atom stereocenters. The molecule has 8 nitrogen and oxygen atoms in total. The Kier molecular flexibility index (Phi) is 10.2. The molecule has 10 heteroatoms. The van der Waals surface area contributed by atoms with Crippen molar-refractivity contribution in [2.45, 2.75) is 32.4 Å². The van der Waals surface area contributed by atoms with Crippen molar-refractivity contribution in [1.82, 2.24) is 9.88 Å². The van der Waals surface area contributed by atoms with Gasteiger partial charge in [0.25, 0.3) is 20.2 Å². The lowest BCUT2D eigenvalue weighted by molar-refractivity contribution is 0.243. The Bertz CT molecular complexity index is 988. The Morgan fingerprint density at radius 3 is 1.91 bits per heavy atom. The van der Waals surface area contributed by atoms with Crippen molar-refractivity contribution in [3.63, 3.8) is 0 Å². The van der Waals surface area contributed by atoms with E-state index in [-0.39, 0.29) is 19.1 Å². The van der Waals surface area contributed by atoms with Gasteiger partial charge in [0, 0.05) is 19.3 Å². The zero-order valence-corrected chi connectivity index (χ0v) is 20.4. The quantitative estimate of drug-likeness (QED) is 0.377. The molecule has 1 aromatic heterocycles. The van der Waals surface area contributed by atoms with Crippen LogP contribution in [0.15, 0.2) is 48.7 Å². The highest BCUT2D eigenvalue weighted by Crippen LogP contribution is 2.19. The first-order valence-electron chi connectivity index (χ1n) is 10.4. The Morgan fingerprint density at radius 2 is 1.41 bits per heavy atom. The number of hydrogen-bond acceptors (Lipinski definition) is 8. The van der Waals surface area contributed by atoms with Crippen LogP contribution >= 0.6 is 0 Å². The van der Waals surface area contributed by atoms with E-state index in [0.717, 1.165) is 36.9 Å². The molecule has 0 saturated heterocycles. The van der Waals surface area contributed by atoms with Crippen LogP contribution in [0.4, 0.5) is 0 Å². The highest BCUT2D eigenvalue weighted by Gasteiger charge is 2.14. The van der Waals surface area contributed by atoms with E-state index in [1.54, 1.807) is 6.20 Å². The van der Waals surface area contributed by atoms with E-state index in [1.807, 2.05) is 37.4 Å². The molecule has 178 valence electrons. The van der Waals surface area contributed by atoms with Gasteiger partial charge >= 0.3 is 0 Å². The van der Waals surface area contributed by atoms with Crippen LogP contribution in [0.25, 0.3) is 0 Å². The molecule has 0 fully saturated rings. The summed E-state index contributed by atoms with van der Waals surface area (Å²) < 4.78 is 54.6. The number of hydrogen-bond donors (Lipinski definition) is 0. The molecule has 0 amide bonds. The standard InChI is InChI=1S/C22H32N2O6S2/c1-24(18-22-6-4-5-13-23-22)17-21-9-7-19(8-10-21)16-20(11-14-29-31(2,25)26)12-15-30-32(3,27)28/h4-10,13,20H,11-12,14-18H2,1-3H3. The van der Waals surface area contributed by atoms with Crippen molar-refractivity contribution in [2.75, 3.05) is 32.8 Å². The molecule has 0 N–H and O–H groups in total. The first-order chi connectivity index (χ1) is 15.0. The maximum Gasteiger partial charge on any atom is 0.264 e. The summed E-state index contributed by atoms with van der Waals surface area (Å²) in [6.07, 6.45) is 5.45. The van der Waals surface area contributed by atoms with Crippen LogP contribution in [0, 0.1) is 5.92 Å². The van der Waals surface area contributed by atoms with Crippen LogP contribution in [0.3, 0.4) is 0 Å². The molecule has 2 rings (SSSR count). The summed E-state index contributed by atoms with van der Waals surface area (Å²) in [6.45, 7) is 1.65. The van der Waals surface area contributed by atoms with Gasteiger partial charge in [-0.2, -0.15) is 16.8 Å². The second-order valence-electron chi connectivity index (χ2n) is 8.01. The zero-order chi connectivity index (χ0) is 23.6.